The Kier molecular flexibility index (Phi) is 13.2. The fourth-order valence-corrected chi connectivity index (χ4v) is 7.81. The van der Waals surface area contributed by atoms with Gasteiger partial charge in [0.15, 0.2) is 0 Å². The van der Waals surface area contributed by atoms with Crippen molar-refractivity contribution in [1.29, 1.82) is 0 Å². The normalized spacial score (nSPS) is 17.8. The molecular weight excluding hydrogens is 690 g/mol. The predicted molar refractivity (Wildman–Crippen MR) is 210 cm³/mol. The molecule has 3 aromatic carbocycles. The largest absolute Gasteiger partial charge is 0.494 e. The number of amides is 1. The van der Waals surface area contributed by atoms with Crippen molar-refractivity contribution in [1.82, 2.24) is 9.47 Å². The molecule has 3 aliphatic rings. The molecule has 0 radical (unpaired) electrons. The SMILES string of the molecule is CCCOc1cc(OCC)cc(-n2cc(C(=O)N(CC)c3cc(F)cc(F)c3)c(=O)c3ccc(OCCCCCCCC[N+]45CCN(CC4)CC5)cc32)c1. The van der Waals surface area contributed by atoms with Gasteiger partial charge in [0.05, 0.1) is 57.2 Å². The molecule has 9 nitrogen and oxygen atoms in total. The highest BCUT2D eigenvalue weighted by atomic mass is 19.1. The number of pyridine rings is 1. The van der Waals surface area contributed by atoms with Gasteiger partial charge in [-0.25, -0.2) is 8.78 Å². The third-order valence-corrected chi connectivity index (χ3v) is 10.8. The quantitative estimate of drug-likeness (QED) is 0.0716. The van der Waals surface area contributed by atoms with Gasteiger partial charge in [0.1, 0.15) is 34.4 Å². The molecule has 4 heterocycles. The number of unbranched alkanes of at least 4 members (excludes halogenated alkanes) is 5. The molecule has 3 saturated heterocycles. The number of benzene rings is 3. The van der Waals surface area contributed by atoms with Crippen molar-refractivity contribution in [2.24, 2.45) is 0 Å². The van der Waals surface area contributed by atoms with E-state index in [1.165, 1.54) is 87.1 Å². The molecule has 11 heteroatoms. The summed E-state index contributed by atoms with van der Waals surface area (Å²) in [6.45, 7) is 16.3. The minimum Gasteiger partial charge on any atom is -0.494 e. The van der Waals surface area contributed by atoms with Crippen molar-refractivity contribution in [2.45, 2.75) is 65.7 Å². The maximum Gasteiger partial charge on any atom is 0.263 e. The summed E-state index contributed by atoms with van der Waals surface area (Å²) >= 11 is 0. The van der Waals surface area contributed by atoms with Crippen molar-refractivity contribution in [2.75, 3.05) is 77.1 Å². The van der Waals surface area contributed by atoms with Gasteiger partial charge in [-0.05, 0) is 63.8 Å². The van der Waals surface area contributed by atoms with Crippen LogP contribution in [0.2, 0.25) is 0 Å². The minimum absolute atomic E-state index is 0.0204. The lowest BCUT2D eigenvalue weighted by Crippen LogP contribution is -2.67. The molecule has 290 valence electrons. The van der Waals surface area contributed by atoms with Crippen molar-refractivity contribution in [3.05, 3.63) is 88.2 Å². The molecule has 3 fully saturated rings. The van der Waals surface area contributed by atoms with Crippen LogP contribution in [0, 0.1) is 11.6 Å². The van der Waals surface area contributed by atoms with Crippen LogP contribution in [0.4, 0.5) is 14.5 Å². The first-order valence-electron chi connectivity index (χ1n) is 19.8. The molecule has 0 N–H and O–H groups in total. The predicted octanol–water partition coefficient (Wildman–Crippen LogP) is 7.99. The number of hydrogen-bond donors (Lipinski definition) is 0. The van der Waals surface area contributed by atoms with Gasteiger partial charge in [-0.2, -0.15) is 0 Å². The maximum absolute atomic E-state index is 14.2. The zero-order valence-corrected chi connectivity index (χ0v) is 32.1. The summed E-state index contributed by atoms with van der Waals surface area (Å²) in [6.07, 6.45) is 9.32. The van der Waals surface area contributed by atoms with E-state index in [9.17, 15) is 18.4 Å². The van der Waals surface area contributed by atoms with Crippen LogP contribution < -0.4 is 24.5 Å². The van der Waals surface area contributed by atoms with Gasteiger partial charge < -0.3 is 28.2 Å². The molecule has 1 amide bonds. The summed E-state index contributed by atoms with van der Waals surface area (Å²) in [5.74, 6) is -0.559. The summed E-state index contributed by atoms with van der Waals surface area (Å²) < 4.78 is 49.6. The van der Waals surface area contributed by atoms with Crippen LogP contribution in [0.1, 0.15) is 76.1 Å². The number of anilines is 1. The lowest BCUT2D eigenvalue weighted by molar-refractivity contribution is -0.941. The van der Waals surface area contributed by atoms with E-state index in [2.05, 4.69) is 4.90 Å². The summed E-state index contributed by atoms with van der Waals surface area (Å²) in [4.78, 5) is 31.9. The Morgan fingerprint density at radius 1 is 0.759 bits per heavy atom. The van der Waals surface area contributed by atoms with Crippen LogP contribution >= 0.6 is 0 Å². The first kappa shape index (κ1) is 39.2. The monoisotopic (exact) mass is 745 g/mol. The van der Waals surface area contributed by atoms with Crippen molar-refractivity contribution in [3.63, 3.8) is 0 Å². The van der Waals surface area contributed by atoms with Crippen LogP contribution in [-0.2, 0) is 0 Å². The number of piperazine rings is 3. The number of quaternary nitrogens is 1. The second-order valence-corrected chi connectivity index (χ2v) is 14.6. The van der Waals surface area contributed by atoms with Gasteiger partial charge in [0.25, 0.3) is 5.91 Å². The first-order valence-corrected chi connectivity index (χ1v) is 19.8. The average Bonchev–Trinajstić information content (AvgIpc) is 3.17. The number of ether oxygens (including phenoxy) is 3. The first-order chi connectivity index (χ1) is 26.2. The summed E-state index contributed by atoms with van der Waals surface area (Å²) in [7, 11) is 0. The number of halogens is 2. The number of fused-ring (bicyclic) bond motifs is 4. The Balaban J connectivity index is 1.21. The van der Waals surface area contributed by atoms with Gasteiger partial charge >= 0.3 is 0 Å². The summed E-state index contributed by atoms with van der Waals surface area (Å²) in [5, 5.41) is 0.296. The number of hydrogen-bond acceptors (Lipinski definition) is 6. The number of rotatable bonds is 19. The van der Waals surface area contributed by atoms with Crippen LogP contribution in [0.15, 0.2) is 65.6 Å². The lowest BCUT2D eigenvalue weighted by atomic mass is 10.1. The molecule has 1 aromatic heterocycles. The topological polar surface area (TPSA) is 73.2 Å². The van der Waals surface area contributed by atoms with Crippen molar-refractivity contribution in [3.8, 4) is 22.9 Å². The third-order valence-electron chi connectivity index (χ3n) is 10.8. The maximum atomic E-state index is 14.2. The Hall–Kier alpha value is -4.48. The van der Waals surface area contributed by atoms with Crippen molar-refractivity contribution < 1.29 is 32.3 Å². The third kappa shape index (κ3) is 9.41. The summed E-state index contributed by atoms with van der Waals surface area (Å²) in [5.41, 5.74) is 0.514. The Morgan fingerprint density at radius 2 is 1.41 bits per heavy atom. The highest BCUT2D eigenvalue weighted by Gasteiger charge is 2.37. The Morgan fingerprint density at radius 3 is 2.07 bits per heavy atom. The molecule has 0 aliphatic carbocycles. The minimum atomic E-state index is -0.818. The molecule has 54 heavy (non-hydrogen) atoms. The fraction of sp³-hybridized carbons (Fsp3) is 0.488. The second-order valence-electron chi connectivity index (χ2n) is 14.6. The van der Waals surface area contributed by atoms with E-state index in [0.29, 0.717) is 53.7 Å². The molecule has 0 saturated carbocycles. The molecule has 4 aromatic rings. The Labute approximate surface area is 317 Å². The number of carbonyl (C=O) groups excluding carboxylic acids is 1. The van der Waals surface area contributed by atoms with Gasteiger partial charge in [-0.1, -0.05) is 26.2 Å². The standard InChI is InChI=1S/C43H55F2N4O5/c1-4-22-53-38-28-35(27-37(29-38)52-6-3)48-31-40(43(51)47(5-2)34-25-32(44)24-33(45)26-34)42(50)39-14-13-36(30-41(39)48)54-23-12-10-8-7-9-11-18-49-19-15-46(16-20-49)17-21-49/h13-14,24-31H,4-12,15-23H2,1-3H3/q+1. The lowest BCUT2D eigenvalue weighted by Gasteiger charge is -2.50. The van der Waals surface area contributed by atoms with Gasteiger partial charge in [-0.15, -0.1) is 0 Å². The molecule has 0 unspecified atom stereocenters. The molecule has 7 rings (SSSR count). The zero-order chi connectivity index (χ0) is 38.1. The average molecular weight is 746 g/mol. The van der Waals surface area contributed by atoms with E-state index in [4.69, 9.17) is 14.2 Å². The molecule has 3 aliphatic heterocycles. The van der Waals surface area contributed by atoms with Crippen molar-refractivity contribution >= 4 is 22.5 Å². The molecule has 0 spiro atoms. The van der Waals surface area contributed by atoms with Crippen LogP contribution in [0.25, 0.3) is 16.6 Å². The molecule has 2 bridgehead atoms. The Bertz CT molecular complexity index is 1920. The van der Waals surface area contributed by atoms with Gasteiger partial charge in [-0.3, -0.25) is 14.5 Å². The van der Waals surface area contributed by atoms with Crippen LogP contribution in [0.5, 0.6) is 17.2 Å². The van der Waals surface area contributed by atoms with Gasteiger partial charge in [0, 0.05) is 73.8 Å². The van der Waals surface area contributed by atoms with Gasteiger partial charge in [0.2, 0.25) is 5.43 Å². The molecule has 0 atom stereocenters. The zero-order valence-electron chi connectivity index (χ0n) is 32.1. The highest BCUT2D eigenvalue weighted by molar-refractivity contribution is 6.07. The van der Waals surface area contributed by atoms with E-state index in [-0.39, 0.29) is 17.8 Å². The van der Waals surface area contributed by atoms with E-state index in [1.807, 2.05) is 38.1 Å². The molecular formula is C43H55F2N4O5+. The number of aromatic nitrogens is 1. The number of carbonyl (C=O) groups is 1. The van der Waals surface area contributed by atoms with Crippen LogP contribution in [0.3, 0.4) is 0 Å². The van der Waals surface area contributed by atoms with E-state index in [1.54, 1.807) is 23.6 Å². The van der Waals surface area contributed by atoms with E-state index >= 15 is 0 Å². The van der Waals surface area contributed by atoms with E-state index in [0.717, 1.165) is 37.5 Å². The summed E-state index contributed by atoms with van der Waals surface area (Å²) in [6, 6.07) is 13.6. The smallest absolute Gasteiger partial charge is 0.263 e. The van der Waals surface area contributed by atoms with E-state index < -0.39 is 23.0 Å². The fourth-order valence-electron chi connectivity index (χ4n) is 7.81. The van der Waals surface area contributed by atoms with Crippen LogP contribution in [-0.4, -0.2) is 92.0 Å². The highest BCUT2D eigenvalue weighted by Crippen LogP contribution is 2.30. The number of nitrogens with zero attached hydrogens (tertiary/aromatic N) is 4. The second kappa shape index (κ2) is 18.2.